The number of ether oxygens (including phenoxy) is 3. The predicted octanol–water partition coefficient (Wildman–Crippen LogP) is 3.23. The fourth-order valence-corrected chi connectivity index (χ4v) is 5.56. The summed E-state index contributed by atoms with van der Waals surface area (Å²) in [5.74, 6) is -1.34. The second-order valence-corrected chi connectivity index (χ2v) is 12.3. The van der Waals surface area contributed by atoms with Crippen LogP contribution in [0.1, 0.15) is 66.3 Å². The number of hydrogen-bond donors (Lipinski definition) is 1. The quantitative estimate of drug-likeness (QED) is 0.411. The number of amides is 1. The molecule has 3 aliphatic rings. The van der Waals surface area contributed by atoms with Crippen LogP contribution < -0.4 is 5.46 Å². The molecule has 5 rings (SSSR count). The molecular weight excluding hydrogens is 513 g/mol. The van der Waals surface area contributed by atoms with E-state index in [0.29, 0.717) is 25.5 Å². The largest absolute Gasteiger partial charge is 0.494 e. The van der Waals surface area contributed by atoms with Gasteiger partial charge in [0.2, 0.25) is 5.91 Å². The highest BCUT2D eigenvalue weighted by molar-refractivity contribution is 6.62. The van der Waals surface area contributed by atoms with Crippen molar-refractivity contribution in [3.05, 3.63) is 36.3 Å². The lowest BCUT2D eigenvalue weighted by molar-refractivity contribution is -0.156. The maximum atomic E-state index is 13.8. The summed E-state index contributed by atoms with van der Waals surface area (Å²) < 4.78 is 29.2. The van der Waals surface area contributed by atoms with Gasteiger partial charge in [0, 0.05) is 6.42 Å². The number of carbonyl (C=O) groups is 2. The van der Waals surface area contributed by atoms with Crippen LogP contribution in [0.25, 0.3) is 11.3 Å². The minimum absolute atomic E-state index is 0.0173. The molecule has 4 heterocycles. The molecular formula is C29H40BN3O7. The zero-order valence-corrected chi connectivity index (χ0v) is 24.5. The van der Waals surface area contributed by atoms with Gasteiger partial charge in [-0.25, -0.2) is 4.98 Å². The minimum Gasteiger partial charge on any atom is -0.469 e. The molecule has 0 saturated carbocycles. The molecule has 3 fully saturated rings. The Bertz CT molecular complexity index is 1220. The first-order valence-corrected chi connectivity index (χ1v) is 14.0. The van der Waals surface area contributed by atoms with Gasteiger partial charge in [-0.15, -0.1) is 0 Å². The molecule has 1 spiro atoms. The smallest absolute Gasteiger partial charge is 0.469 e. The monoisotopic (exact) mass is 553 g/mol. The molecule has 1 amide bonds. The van der Waals surface area contributed by atoms with Crippen LogP contribution in [0.5, 0.6) is 0 Å². The van der Waals surface area contributed by atoms with Crippen LogP contribution >= 0.6 is 0 Å². The molecule has 2 aromatic rings. The molecule has 1 aromatic carbocycles. The summed E-state index contributed by atoms with van der Waals surface area (Å²) in [6, 6.07) is 7.62. The summed E-state index contributed by atoms with van der Waals surface area (Å²) in [6.07, 6.45) is 2.25. The molecule has 3 saturated heterocycles. The van der Waals surface area contributed by atoms with E-state index in [2.05, 4.69) is 9.97 Å². The van der Waals surface area contributed by atoms with Crippen molar-refractivity contribution in [2.24, 2.45) is 11.8 Å². The van der Waals surface area contributed by atoms with Gasteiger partial charge in [0.05, 0.1) is 68.3 Å². The van der Waals surface area contributed by atoms with Crippen molar-refractivity contribution in [1.82, 2.24) is 14.9 Å². The number of likely N-dealkylation sites (tertiary alicyclic amines) is 1. The molecule has 216 valence electrons. The summed E-state index contributed by atoms with van der Waals surface area (Å²) in [7, 11) is 0.903. The van der Waals surface area contributed by atoms with Crippen molar-refractivity contribution in [3.8, 4) is 11.3 Å². The summed E-state index contributed by atoms with van der Waals surface area (Å²) in [5, 5.41) is 0. The molecule has 0 radical (unpaired) electrons. The van der Waals surface area contributed by atoms with E-state index in [9.17, 15) is 9.59 Å². The number of rotatable bonds is 7. The lowest BCUT2D eigenvalue weighted by Gasteiger charge is -2.32. The lowest BCUT2D eigenvalue weighted by Crippen LogP contribution is -2.42. The Labute approximate surface area is 236 Å². The Morgan fingerprint density at radius 2 is 1.73 bits per heavy atom. The van der Waals surface area contributed by atoms with Crippen molar-refractivity contribution in [3.63, 3.8) is 0 Å². The summed E-state index contributed by atoms with van der Waals surface area (Å²) in [6.45, 7) is 13.3. The van der Waals surface area contributed by atoms with Gasteiger partial charge in [-0.2, -0.15) is 0 Å². The number of methoxy groups -OCH3 is 1. The highest BCUT2D eigenvalue weighted by Gasteiger charge is 2.53. The average Bonchev–Trinajstić information content (AvgIpc) is 3.69. The van der Waals surface area contributed by atoms with Gasteiger partial charge in [-0.05, 0) is 44.6 Å². The number of imidazole rings is 1. The molecule has 1 aromatic heterocycles. The Hall–Kier alpha value is -2.73. The Kier molecular flexibility index (Phi) is 7.63. The van der Waals surface area contributed by atoms with Crippen LogP contribution in [0.4, 0.5) is 0 Å². The van der Waals surface area contributed by atoms with Gasteiger partial charge in [-0.1, -0.05) is 38.1 Å². The highest BCUT2D eigenvalue weighted by atomic mass is 16.7. The van der Waals surface area contributed by atoms with E-state index in [1.165, 1.54) is 7.11 Å². The maximum Gasteiger partial charge on any atom is 0.494 e. The van der Waals surface area contributed by atoms with Crippen molar-refractivity contribution in [1.29, 1.82) is 0 Å². The number of H-pyrrole nitrogens is 1. The van der Waals surface area contributed by atoms with Crippen molar-refractivity contribution < 1.29 is 33.1 Å². The Morgan fingerprint density at radius 3 is 2.30 bits per heavy atom. The average molecular weight is 553 g/mol. The molecule has 11 heteroatoms. The SMILES string of the molecule is COC(=O)C[C@H](C(=O)N1CC2(C[C@H]1c1ncc(-c3ccc(B4OC(C)(C)C(C)(C)O4)cc3)[nH]1)OCCO2)C(C)C. The molecule has 10 nitrogen and oxygen atoms in total. The van der Waals surface area contributed by atoms with Crippen molar-refractivity contribution in [2.75, 3.05) is 26.9 Å². The van der Waals surface area contributed by atoms with E-state index in [-0.39, 0.29) is 30.8 Å². The first-order chi connectivity index (χ1) is 18.8. The number of hydrogen-bond acceptors (Lipinski definition) is 8. The van der Waals surface area contributed by atoms with Gasteiger partial charge < -0.3 is 33.4 Å². The van der Waals surface area contributed by atoms with Crippen LogP contribution in [-0.4, -0.2) is 77.7 Å². The molecule has 2 atom stereocenters. The molecule has 1 N–H and O–H groups in total. The maximum absolute atomic E-state index is 13.8. The van der Waals surface area contributed by atoms with Crippen molar-refractivity contribution in [2.45, 2.75) is 77.4 Å². The molecule has 0 bridgehead atoms. The van der Waals surface area contributed by atoms with Gasteiger partial charge in [-0.3, -0.25) is 9.59 Å². The number of nitrogens with zero attached hydrogens (tertiary/aromatic N) is 2. The third-order valence-electron chi connectivity index (χ3n) is 8.78. The third-order valence-corrected chi connectivity index (χ3v) is 8.78. The summed E-state index contributed by atoms with van der Waals surface area (Å²) in [4.78, 5) is 35.8. The van der Waals surface area contributed by atoms with Crippen LogP contribution in [0, 0.1) is 11.8 Å². The number of nitrogens with one attached hydrogen (secondary N) is 1. The molecule has 0 unspecified atom stereocenters. The predicted molar refractivity (Wildman–Crippen MR) is 148 cm³/mol. The van der Waals surface area contributed by atoms with E-state index in [4.69, 9.17) is 23.5 Å². The number of aromatic amines is 1. The van der Waals surface area contributed by atoms with Gasteiger partial charge >= 0.3 is 13.1 Å². The fraction of sp³-hybridized carbons (Fsp3) is 0.621. The second kappa shape index (κ2) is 10.6. The van der Waals surface area contributed by atoms with Crippen LogP contribution in [-0.2, 0) is 33.1 Å². The number of benzene rings is 1. The van der Waals surface area contributed by atoms with E-state index < -0.39 is 36.0 Å². The van der Waals surface area contributed by atoms with Gasteiger partial charge in [0.25, 0.3) is 0 Å². The summed E-state index contributed by atoms with van der Waals surface area (Å²) in [5.41, 5.74) is 1.90. The normalized spacial score (nSPS) is 23.8. The van der Waals surface area contributed by atoms with Gasteiger partial charge in [0.15, 0.2) is 5.79 Å². The van der Waals surface area contributed by atoms with E-state index in [1.54, 1.807) is 11.1 Å². The standard InChI is InChI=1S/C29H40BN3O7/c1-18(2)21(14-24(34)36-7)26(35)33-17-29(37-12-13-38-29)15-23(33)25-31-16-22(32-25)19-8-10-20(11-9-19)30-39-27(3,4)28(5,6)40-30/h8-11,16,18,21,23H,12-15,17H2,1-7H3,(H,31,32)/t21-,23-/m0/s1. The van der Waals surface area contributed by atoms with E-state index in [1.807, 2.05) is 65.8 Å². The van der Waals surface area contributed by atoms with E-state index >= 15 is 0 Å². The summed E-state index contributed by atoms with van der Waals surface area (Å²) >= 11 is 0. The van der Waals surface area contributed by atoms with E-state index in [0.717, 1.165) is 16.7 Å². The Morgan fingerprint density at radius 1 is 1.10 bits per heavy atom. The minimum atomic E-state index is -0.870. The number of aromatic nitrogens is 2. The first-order valence-electron chi connectivity index (χ1n) is 14.0. The highest BCUT2D eigenvalue weighted by Crippen LogP contribution is 2.43. The van der Waals surface area contributed by atoms with Gasteiger partial charge in [0.1, 0.15) is 5.82 Å². The third kappa shape index (κ3) is 5.32. The zero-order chi connectivity index (χ0) is 28.9. The lowest BCUT2D eigenvalue weighted by atomic mass is 9.79. The zero-order valence-electron chi connectivity index (χ0n) is 24.5. The number of esters is 1. The van der Waals surface area contributed by atoms with Crippen LogP contribution in [0.15, 0.2) is 30.5 Å². The number of carbonyl (C=O) groups excluding carboxylic acids is 2. The first kappa shape index (κ1) is 28.8. The topological polar surface area (TPSA) is 112 Å². The van der Waals surface area contributed by atoms with Crippen LogP contribution in [0.2, 0.25) is 0 Å². The molecule has 0 aliphatic carbocycles. The fourth-order valence-electron chi connectivity index (χ4n) is 5.56. The van der Waals surface area contributed by atoms with Crippen molar-refractivity contribution >= 4 is 24.5 Å². The molecule has 3 aliphatic heterocycles. The second-order valence-electron chi connectivity index (χ2n) is 12.3. The van der Waals surface area contributed by atoms with Crippen LogP contribution in [0.3, 0.4) is 0 Å². The molecule has 40 heavy (non-hydrogen) atoms. The Balaban J connectivity index is 1.37.